The zero-order valence-electron chi connectivity index (χ0n) is 12.9. The highest BCUT2D eigenvalue weighted by Crippen LogP contribution is 2.29. The van der Waals surface area contributed by atoms with Crippen LogP contribution in [-0.4, -0.2) is 23.9 Å². The molecule has 3 nitrogen and oxygen atoms in total. The number of carbonyl (C=O) groups is 1. The molecule has 1 aliphatic heterocycles. The summed E-state index contributed by atoms with van der Waals surface area (Å²) < 4.78 is 0. The number of thiophene rings is 1. The van der Waals surface area contributed by atoms with Crippen molar-refractivity contribution in [2.24, 2.45) is 0 Å². The lowest BCUT2D eigenvalue weighted by molar-refractivity contribution is -0.121. The molecule has 0 aliphatic carbocycles. The molecular formula is C18H22N2OS. The van der Waals surface area contributed by atoms with Gasteiger partial charge in [-0.25, -0.2) is 0 Å². The Morgan fingerprint density at radius 1 is 1.27 bits per heavy atom. The van der Waals surface area contributed by atoms with Gasteiger partial charge in [-0.3, -0.25) is 9.69 Å². The van der Waals surface area contributed by atoms with Crippen molar-refractivity contribution >= 4 is 17.2 Å². The van der Waals surface area contributed by atoms with Gasteiger partial charge in [0, 0.05) is 30.9 Å². The maximum absolute atomic E-state index is 11.6. The Kier molecular flexibility index (Phi) is 4.90. The molecule has 116 valence electrons. The number of hydrogen-bond donors (Lipinski definition) is 1. The molecule has 1 atom stereocenters. The van der Waals surface area contributed by atoms with E-state index < -0.39 is 0 Å². The van der Waals surface area contributed by atoms with Gasteiger partial charge in [0.2, 0.25) is 5.91 Å². The van der Waals surface area contributed by atoms with E-state index in [2.05, 4.69) is 52.0 Å². The van der Waals surface area contributed by atoms with E-state index >= 15 is 0 Å². The van der Waals surface area contributed by atoms with E-state index in [1.165, 1.54) is 16.0 Å². The molecule has 3 rings (SSSR count). The third kappa shape index (κ3) is 3.39. The molecule has 0 bridgehead atoms. The average Bonchev–Trinajstić information content (AvgIpc) is 3.09. The zero-order chi connectivity index (χ0) is 15.4. The summed E-state index contributed by atoms with van der Waals surface area (Å²) in [6, 6.07) is 13.2. The lowest BCUT2D eigenvalue weighted by Gasteiger charge is -2.35. The monoisotopic (exact) mass is 314 g/mol. The third-order valence-electron chi connectivity index (χ3n) is 4.29. The zero-order valence-corrected chi connectivity index (χ0v) is 13.7. The molecule has 0 spiro atoms. The number of nitrogens with zero attached hydrogens (tertiary/aromatic N) is 1. The van der Waals surface area contributed by atoms with Crippen molar-refractivity contribution in [3.8, 4) is 0 Å². The molecular weight excluding hydrogens is 292 g/mol. The minimum atomic E-state index is 0.124. The summed E-state index contributed by atoms with van der Waals surface area (Å²) in [5.74, 6) is 0.124. The van der Waals surface area contributed by atoms with Crippen molar-refractivity contribution in [3.63, 3.8) is 0 Å². The van der Waals surface area contributed by atoms with Gasteiger partial charge in [0.1, 0.15) is 0 Å². The van der Waals surface area contributed by atoms with Crippen molar-refractivity contribution in [1.29, 1.82) is 0 Å². The first-order chi connectivity index (χ1) is 10.8. The molecule has 1 aromatic heterocycles. The van der Waals surface area contributed by atoms with Gasteiger partial charge in [0.15, 0.2) is 0 Å². The molecule has 2 heterocycles. The Bertz CT molecular complexity index is 624. The summed E-state index contributed by atoms with van der Waals surface area (Å²) >= 11 is 1.77. The van der Waals surface area contributed by atoms with Gasteiger partial charge in [-0.2, -0.15) is 0 Å². The fraction of sp³-hybridized carbons (Fsp3) is 0.389. The summed E-state index contributed by atoms with van der Waals surface area (Å²) in [6.07, 6.45) is 1.62. The molecule has 0 fully saturated rings. The predicted octanol–water partition coefficient (Wildman–Crippen LogP) is 3.37. The highest BCUT2D eigenvalue weighted by Gasteiger charge is 2.25. The molecule has 0 radical (unpaired) electrons. The molecule has 1 amide bonds. The molecule has 0 saturated heterocycles. The lowest BCUT2D eigenvalue weighted by atomic mass is 9.98. The second kappa shape index (κ2) is 7.07. The smallest absolute Gasteiger partial charge is 0.219 e. The molecule has 0 saturated carbocycles. The molecule has 1 N–H and O–H groups in total. The molecule has 0 unspecified atom stereocenters. The summed E-state index contributed by atoms with van der Waals surface area (Å²) in [5, 5.41) is 5.18. The SMILES string of the molecule is CCC(=O)NC[C@@H](c1cccs1)N1CCc2ccccc2C1. The fourth-order valence-electron chi connectivity index (χ4n) is 3.01. The largest absolute Gasteiger partial charge is 0.354 e. The topological polar surface area (TPSA) is 32.3 Å². The Morgan fingerprint density at radius 3 is 2.82 bits per heavy atom. The van der Waals surface area contributed by atoms with Crippen molar-refractivity contribution in [2.75, 3.05) is 13.1 Å². The number of benzene rings is 1. The summed E-state index contributed by atoms with van der Waals surface area (Å²) in [6.45, 7) is 4.59. The van der Waals surface area contributed by atoms with E-state index in [0.29, 0.717) is 13.0 Å². The first-order valence-electron chi connectivity index (χ1n) is 7.89. The predicted molar refractivity (Wildman–Crippen MR) is 90.9 cm³/mol. The molecule has 1 aromatic carbocycles. The van der Waals surface area contributed by atoms with E-state index in [1.54, 1.807) is 11.3 Å². The number of carbonyl (C=O) groups excluding carboxylic acids is 1. The number of fused-ring (bicyclic) bond motifs is 1. The maximum Gasteiger partial charge on any atom is 0.219 e. The van der Waals surface area contributed by atoms with Crippen LogP contribution in [0.5, 0.6) is 0 Å². The Morgan fingerprint density at radius 2 is 2.09 bits per heavy atom. The Labute approximate surface area is 136 Å². The van der Waals surface area contributed by atoms with Crippen LogP contribution in [0.3, 0.4) is 0 Å². The lowest BCUT2D eigenvalue weighted by Crippen LogP contribution is -2.40. The van der Waals surface area contributed by atoms with Crippen LogP contribution in [-0.2, 0) is 17.8 Å². The molecule has 4 heteroatoms. The van der Waals surface area contributed by atoms with Gasteiger partial charge in [-0.15, -0.1) is 11.3 Å². The van der Waals surface area contributed by atoms with Crippen LogP contribution < -0.4 is 5.32 Å². The van der Waals surface area contributed by atoms with Crippen molar-refractivity contribution in [2.45, 2.75) is 32.4 Å². The van der Waals surface area contributed by atoms with Crippen LogP contribution in [0.25, 0.3) is 0 Å². The van der Waals surface area contributed by atoms with Crippen LogP contribution >= 0.6 is 11.3 Å². The van der Waals surface area contributed by atoms with Crippen LogP contribution in [0.15, 0.2) is 41.8 Å². The van der Waals surface area contributed by atoms with Gasteiger partial charge < -0.3 is 5.32 Å². The minimum absolute atomic E-state index is 0.124. The van der Waals surface area contributed by atoms with Gasteiger partial charge in [-0.1, -0.05) is 37.3 Å². The quantitative estimate of drug-likeness (QED) is 0.917. The van der Waals surface area contributed by atoms with Crippen LogP contribution in [0, 0.1) is 0 Å². The van der Waals surface area contributed by atoms with Gasteiger partial charge in [-0.05, 0) is 29.0 Å². The highest BCUT2D eigenvalue weighted by atomic mass is 32.1. The van der Waals surface area contributed by atoms with Crippen molar-refractivity contribution < 1.29 is 4.79 Å². The van der Waals surface area contributed by atoms with Crippen molar-refractivity contribution in [3.05, 3.63) is 57.8 Å². The van der Waals surface area contributed by atoms with Crippen LogP contribution in [0.4, 0.5) is 0 Å². The van der Waals surface area contributed by atoms with Gasteiger partial charge in [0.05, 0.1) is 6.04 Å². The first-order valence-corrected chi connectivity index (χ1v) is 8.77. The first kappa shape index (κ1) is 15.3. The second-order valence-electron chi connectivity index (χ2n) is 5.68. The number of hydrogen-bond acceptors (Lipinski definition) is 3. The van der Waals surface area contributed by atoms with E-state index in [0.717, 1.165) is 19.5 Å². The summed E-state index contributed by atoms with van der Waals surface area (Å²) in [4.78, 5) is 15.5. The molecule has 22 heavy (non-hydrogen) atoms. The normalized spacial score (nSPS) is 16.0. The molecule has 1 aliphatic rings. The number of rotatable bonds is 5. The van der Waals surface area contributed by atoms with E-state index in [-0.39, 0.29) is 11.9 Å². The second-order valence-corrected chi connectivity index (χ2v) is 6.66. The summed E-state index contributed by atoms with van der Waals surface area (Å²) in [7, 11) is 0. The van der Waals surface area contributed by atoms with Crippen LogP contribution in [0.1, 0.15) is 35.4 Å². The van der Waals surface area contributed by atoms with Crippen LogP contribution in [0.2, 0.25) is 0 Å². The minimum Gasteiger partial charge on any atom is -0.354 e. The maximum atomic E-state index is 11.6. The van der Waals surface area contributed by atoms with Gasteiger partial charge >= 0.3 is 0 Å². The average molecular weight is 314 g/mol. The standard InChI is InChI=1S/C18H22N2OS/c1-2-18(21)19-12-16(17-8-5-11-22-17)20-10-9-14-6-3-4-7-15(14)13-20/h3-8,11,16H,2,9-10,12-13H2,1H3,(H,19,21)/t16-/m0/s1. The summed E-state index contributed by atoms with van der Waals surface area (Å²) in [5.41, 5.74) is 2.87. The molecule has 2 aromatic rings. The third-order valence-corrected chi connectivity index (χ3v) is 5.26. The van der Waals surface area contributed by atoms with Crippen molar-refractivity contribution in [1.82, 2.24) is 10.2 Å². The number of nitrogens with one attached hydrogen (secondary N) is 1. The fourth-order valence-corrected chi connectivity index (χ4v) is 3.87. The Balaban J connectivity index is 1.76. The van der Waals surface area contributed by atoms with E-state index in [9.17, 15) is 4.79 Å². The van der Waals surface area contributed by atoms with Gasteiger partial charge in [0.25, 0.3) is 0 Å². The van der Waals surface area contributed by atoms with E-state index in [4.69, 9.17) is 0 Å². The highest BCUT2D eigenvalue weighted by molar-refractivity contribution is 7.10. The Hall–Kier alpha value is -1.65. The number of amides is 1. The van der Waals surface area contributed by atoms with E-state index in [1.807, 2.05) is 6.92 Å².